The number of nitrogens with zero attached hydrogens (tertiary/aromatic N) is 1. The van der Waals surface area contributed by atoms with Gasteiger partial charge in [0, 0.05) is 5.39 Å². The number of anilines is 2. The second kappa shape index (κ2) is 5.25. The number of carbonyl (C=O) groups excluding carboxylic acids is 1. The van der Waals surface area contributed by atoms with Gasteiger partial charge in [-0.2, -0.15) is 5.10 Å². The van der Waals surface area contributed by atoms with Crippen LogP contribution in [0.3, 0.4) is 0 Å². The van der Waals surface area contributed by atoms with E-state index >= 15 is 0 Å². The van der Waals surface area contributed by atoms with Crippen molar-refractivity contribution in [1.29, 1.82) is 0 Å². The summed E-state index contributed by atoms with van der Waals surface area (Å²) in [5.74, 6) is -1.08. The SMILES string of the molecule is O=C(Nc1sccc1C(=O)O)Nc1cccc2cn[nH]c12. The second-order valence-electron chi connectivity index (χ2n) is 4.19. The van der Waals surface area contributed by atoms with Crippen LogP contribution in [0.4, 0.5) is 15.5 Å². The molecular weight excluding hydrogens is 292 g/mol. The summed E-state index contributed by atoms with van der Waals surface area (Å²) in [5.41, 5.74) is 1.34. The topological polar surface area (TPSA) is 107 Å². The zero-order valence-electron chi connectivity index (χ0n) is 10.6. The predicted octanol–water partition coefficient (Wildman–Crippen LogP) is 2.97. The maximum Gasteiger partial charge on any atom is 0.338 e. The van der Waals surface area contributed by atoms with Crippen LogP contribution < -0.4 is 10.6 Å². The summed E-state index contributed by atoms with van der Waals surface area (Å²) in [6.07, 6.45) is 1.65. The Morgan fingerprint density at radius 2 is 2.10 bits per heavy atom. The number of rotatable bonds is 3. The van der Waals surface area contributed by atoms with Crippen molar-refractivity contribution >= 4 is 44.9 Å². The van der Waals surface area contributed by atoms with E-state index in [-0.39, 0.29) is 10.6 Å². The normalized spacial score (nSPS) is 10.5. The number of urea groups is 1. The average Bonchev–Trinajstić information content (AvgIpc) is 3.07. The molecule has 3 rings (SSSR count). The first-order valence-corrected chi connectivity index (χ1v) is 6.84. The summed E-state index contributed by atoms with van der Waals surface area (Å²) >= 11 is 1.15. The summed E-state index contributed by atoms with van der Waals surface area (Å²) in [4.78, 5) is 23.0. The number of thiophene rings is 1. The molecule has 2 aromatic heterocycles. The van der Waals surface area contributed by atoms with Crippen LogP contribution in [-0.4, -0.2) is 27.3 Å². The zero-order chi connectivity index (χ0) is 14.8. The number of hydrogen-bond donors (Lipinski definition) is 4. The Hall–Kier alpha value is -2.87. The number of amides is 2. The molecule has 1 aromatic carbocycles. The van der Waals surface area contributed by atoms with Crippen molar-refractivity contribution < 1.29 is 14.7 Å². The van der Waals surface area contributed by atoms with Gasteiger partial charge in [0.2, 0.25) is 0 Å². The molecule has 0 saturated carbocycles. The minimum absolute atomic E-state index is 0.0647. The quantitative estimate of drug-likeness (QED) is 0.596. The number of benzene rings is 1. The number of carbonyl (C=O) groups is 2. The number of fused-ring (bicyclic) bond motifs is 1. The van der Waals surface area contributed by atoms with Crippen molar-refractivity contribution in [3.05, 3.63) is 41.4 Å². The van der Waals surface area contributed by atoms with Gasteiger partial charge in [0.15, 0.2) is 0 Å². The van der Waals surface area contributed by atoms with Gasteiger partial charge in [0.1, 0.15) is 5.00 Å². The minimum Gasteiger partial charge on any atom is -0.478 e. The van der Waals surface area contributed by atoms with Crippen molar-refractivity contribution in [3.8, 4) is 0 Å². The van der Waals surface area contributed by atoms with E-state index in [1.807, 2.05) is 6.07 Å². The van der Waals surface area contributed by atoms with Crippen LogP contribution in [0.15, 0.2) is 35.8 Å². The molecule has 0 fully saturated rings. The zero-order valence-corrected chi connectivity index (χ0v) is 11.4. The molecule has 2 heterocycles. The fourth-order valence-corrected chi connectivity index (χ4v) is 2.68. The van der Waals surface area contributed by atoms with E-state index in [1.165, 1.54) is 6.07 Å². The van der Waals surface area contributed by atoms with Crippen LogP contribution in [0.1, 0.15) is 10.4 Å². The van der Waals surface area contributed by atoms with Gasteiger partial charge in [-0.25, -0.2) is 9.59 Å². The van der Waals surface area contributed by atoms with E-state index < -0.39 is 12.0 Å². The maximum atomic E-state index is 12.0. The van der Waals surface area contributed by atoms with E-state index in [9.17, 15) is 9.59 Å². The van der Waals surface area contributed by atoms with Gasteiger partial charge in [-0.15, -0.1) is 11.3 Å². The Labute approximate surface area is 122 Å². The largest absolute Gasteiger partial charge is 0.478 e. The van der Waals surface area contributed by atoms with Gasteiger partial charge >= 0.3 is 12.0 Å². The van der Waals surface area contributed by atoms with E-state index in [0.717, 1.165) is 16.7 Å². The molecule has 0 bridgehead atoms. The van der Waals surface area contributed by atoms with Crippen molar-refractivity contribution in [1.82, 2.24) is 10.2 Å². The molecule has 0 aliphatic carbocycles. The van der Waals surface area contributed by atoms with Crippen LogP contribution in [0.25, 0.3) is 10.9 Å². The molecule has 0 aliphatic rings. The molecule has 0 unspecified atom stereocenters. The maximum absolute atomic E-state index is 12.0. The van der Waals surface area contributed by atoms with E-state index in [0.29, 0.717) is 11.2 Å². The molecule has 8 heteroatoms. The molecule has 4 N–H and O–H groups in total. The molecule has 0 radical (unpaired) electrons. The summed E-state index contributed by atoms with van der Waals surface area (Å²) < 4.78 is 0. The molecule has 0 atom stereocenters. The molecule has 21 heavy (non-hydrogen) atoms. The van der Waals surface area contributed by atoms with Crippen LogP contribution >= 0.6 is 11.3 Å². The van der Waals surface area contributed by atoms with E-state index in [2.05, 4.69) is 20.8 Å². The molecule has 0 saturated heterocycles. The van der Waals surface area contributed by atoms with E-state index in [1.54, 1.807) is 23.7 Å². The lowest BCUT2D eigenvalue weighted by Gasteiger charge is -2.07. The number of carboxylic acid groups (broad SMARTS) is 1. The Kier molecular flexibility index (Phi) is 3.28. The number of carboxylic acids is 1. The van der Waals surface area contributed by atoms with Crippen LogP contribution in [0.2, 0.25) is 0 Å². The van der Waals surface area contributed by atoms with Gasteiger partial charge in [-0.3, -0.25) is 10.4 Å². The Morgan fingerprint density at radius 3 is 2.90 bits per heavy atom. The van der Waals surface area contributed by atoms with Crippen LogP contribution in [-0.2, 0) is 0 Å². The third kappa shape index (κ3) is 2.56. The summed E-state index contributed by atoms with van der Waals surface area (Å²) in [6.45, 7) is 0. The highest BCUT2D eigenvalue weighted by atomic mass is 32.1. The first-order valence-electron chi connectivity index (χ1n) is 5.96. The number of aromatic nitrogens is 2. The molecule has 7 nitrogen and oxygen atoms in total. The summed E-state index contributed by atoms with van der Waals surface area (Å²) in [5, 5.41) is 23.7. The number of hydrogen-bond acceptors (Lipinski definition) is 4. The Balaban J connectivity index is 1.79. The highest BCUT2D eigenvalue weighted by molar-refractivity contribution is 7.14. The molecule has 0 aliphatic heterocycles. The van der Waals surface area contributed by atoms with Crippen LogP contribution in [0, 0.1) is 0 Å². The minimum atomic E-state index is -1.08. The second-order valence-corrected chi connectivity index (χ2v) is 5.10. The fourth-order valence-electron chi connectivity index (χ4n) is 1.90. The predicted molar refractivity (Wildman–Crippen MR) is 80.0 cm³/mol. The van der Waals surface area contributed by atoms with E-state index in [4.69, 9.17) is 5.11 Å². The monoisotopic (exact) mass is 302 g/mol. The molecule has 0 spiro atoms. The highest BCUT2D eigenvalue weighted by Crippen LogP contribution is 2.24. The molecule has 2 amide bonds. The molecule has 106 valence electrons. The number of aromatic amines is 1. The highest BCUT2D eigenvalue weighted by Gasteiger charge is 2.14. The number of nitrogens with one attached hydrogen (secondary N) is 3. The standard InChI is InChI=1S/C13H10N4O3S/c18-12(19)8-4-5-21-11(8)16-13(20)15-9-3-1-2-7-6-14-17-10(7)9/h1-6H,(H,14,17)(H,18,19)(H2,15,16,20). The van der Waals surface area contributed by atoms with Gasteiger partial charge in [-0.05, 0) is 17.5 Å². The smallest absolute Gasteiger partial charge is 0.338 e. The van der Waals surface area contributed by atoms with Gasteiger partial charge < -0.3 is 10.4 Å². The average molecular weight is 302 g/mol. The third-order valence-electron chi connectivity index (χ3n) is 2.85. The van der Waals surface area contributed by atoms with Crippen molar-refractivity contribution in [2.45, 2.75) is 0 Å². The molecule has 3 aromatic rings. The van der Waals surface area contributed by atoms with Gasteiger partial charge in [0.05, 0.1) is 23.0 Å². The number of H-pyrrole nitrogens is 1. The van der Waals surface area contributed by atoms with Crippen molar-refractivity contribution in [2.75, 3.05) is 10.6 Å². The lowest BCUT2D eigenvalue weighted by molar-refractivity contribution is 0.0698. The van der Waals surface area contributed by atoms with Crippen molar-refractivity contribution in [2.24, 2.45) is 0 Å². The lowest BCUT2D eigenvalue weighted by Crippen LogP contribution is -2.20. The Morgan fingerprint density at radius 1 is 1.24 bits per heavy atom. The first kappa shape index (κ1) is 13.1. The number of para-hydroxylation sites is 1. The fraction of sp³-hybridized carbons (Fsp3) is 0. The van der Waals surface area contributed by atoms with Crippen LogP contribution in [0.5, 0.6) is 0 Å². The van der Waals surface area contributed by atoms with Gasteiger partial charge in [0.25, 0.3) is 0 Å². The first-order chi connectivity index (χ1) is 10.1. The summed E-state index contributed by atoms with van der Waals surface area (Å²) in [6, 6.07) is 6.32. The Bertz CT molecular complexity index is 824. The number of aromatic carboxylic acids is 1. The summed E-state index contributed by atoms with van der Waals surface area (Å²) in [7, 11) is 0. The molecular formula is C13H10N4O3S. The third-order valence-corrected chi connectivity index (χ3v) is 3.68. The van der Waals surface area contributed by atoms with Crippen molar-refractivity contribution in [3.63, 3.8) is 0 Å². The lowest BCUT2D eigenvalue weighted by atomic mass is 10.2. The van der Waals surface area contributed by atoms with Gasteiger partial charge in [-0.1, -0.05) is 12.1 Å².